The van der Waals surface area contributed by atoms with Gasteiger partial charge in [-0.2, -0.15) is 5.10 Å². The van der Waals surface area contributed by atoms with E-state index in [0.29, 0.717) is 0 Å². The molecule has 0 bridgehead atoms. The number of hydrogen-bond acceptors (Lipinski definition) is 4. The summed E-state index contributed by atoms with van der Waals surface area (Å²) in [6.45, 7) is 5.39. The van der Waals surface area contributed by atoms with Crippen molar-refractivity contribution in [3.63, 3.8) is 0 Å². The molecule has 0 aliphatic carbocycles. The number of likely N-dealkylation sites (tertiary alicyclic amines) is 1. The largest absolute Gasteiger partial charge is 0.466 e. The van der Waals surface area contributed by atoms with Crippen LogP contribution in [0, 0.1) is 0 Å². The average molecular weight is 461 g/mol. The van der Waals surface area contributed by atoms with Crippen LogP contribution in [0.1, 0.15) is 43.4 Å². The molecule has 0 amide bonds. The summed E-state index contributed by atoms with van der Waals surface area (Å²) in [6.07, 6.45) is 2.81. The third kappa shape index (κ3) is 3.04. The minimum atomic E-state index is -0.356. The summed E-state index contributed by atoms with van der Waals surface area (Å²) < 4.78 is 7.75. The van der Waals surface area contributed by atoms with Crippen LogP contribution in [0.3, 0.4) is 0 Å². The van der Waals surface area contributed by atoms with E-state index in [4.69, 9.17) is 21.4 Å². The molecule has 4 nitrogen and oxygen atoms in total. The summed E-state index contributed by atoms with van der Waals surface area (Å²) in [7, 11) is 0. The zero-order valence-electron chi connectivity index (χ0n) is 15.9. The van der Waals surface area contributed by atoms with Crippen LogP contribution in [-0.4, -0.2) is 41.0 Å². The van der Waals surface area contributed by atoms with Crippen molar-refractivity contribution >= 4 is 33.2 Å². The highest BCUT2D eigenvalue weighted by atomic mass is 79.9. The molecule has 146 valence electrons. The Morgan fingerprint density at radius 1 is 1.18 bits per heavy atom. The van der Waals surface area contributed by atoms with Gasteiger partial charge in [0.25, 0.3) is 0 Å². The zero-order valence-corrected chi connectivity index (χ0v) is 18.2. The molecule has 3 aliphatic heterocycles. The van der Waals surface area contributed by atoms with Gasteiger partial charge in [0, 0.05) is 47.4 Å². The van der Waals surface area contributed by atoms with Crippen LogP contribution in [0.25, 0.3) is 0 Å². The van der Waals surface area contributed by atoms with E-state index in [-0.39, 0.29) is 11.8 Å². The number of nitrogens with zero attached hydrogens (tertiary/aromatic N) is 3. The van der Waals surface area contributed by atoms with E-state index >= 15 is 0 Å². The SMILES string of the molecule is CCN1CCC2(CC1)Oc1ccc(Br)cc1C1CC(c3ccc(Cl)cc3)=NN12. The van der Waals surface area contributed by atoms with Crippen molar-refractivity contribution in [2.24, 2.45) is 5.10 Å². The number of rotatable bonds is 2. The van der Waals surface area contributed by atoms with Gasteiger partial charge >= 0.3 is 0 Å². The first kappa shape index (κ1) is 18.5. The molecule has 0 N–H and O–H groups in total. The first-order chi connectivity index (χ1) is 13.6. The standard InChI is InChI=1S/C22H23BrClN3O/c1-2-26-11-9-22(10-12-26)27-20(18-13-16(23)5-8-21(18)28-22)14-19(25-27)15-3-6-17(24)7-4-15/h3-8,13,20H,2,9-12,14H2,1H3. The predicted octanol–water partition coefficient (Wildman–Crippen LogP) is 5.46. The monoisotopic (exact) mass is 459 g/mol. The highest BCUT2D eigenvalue weighted by Crippen LogP contribution is 2.50. The van der Waals surface area contributed by atoms with Crippen LogP contribution in [0.2, 0.25) is 5.02 Å². The van der Waals surface area contributed by atoms with E-state index in [1.165, 1.54) is 5.56 Å². The summed E-state index contributed by atoms with van der Waals surface area (Å²) >= 11 is 9.72. The fourth-order valence-corrected chi connectivity index (χ4v) is 5.12. The first-order valence-corrected chi connectivity index (χ1v) is 11.1. The Balaban J connectivity index is 1.56. The molecule has 1 fully saturated rings. The van der Waals surface area contributed by atoms with Crippen molar-refractivity contribution in [3.8, 4) is 5.75 Å². The number of fused-ring (bicyclic) bond motifs is 4. The van der Waals surface area contributed by atoms with Gasteiger partial charge in [0.1, 0.15) is 5.75 Å². The molecule has 2 aromatic rings. The second-order valence-corrected chi connectivity index (χ2v) is 9.13. The Morgan fingerprint density at radius 2 is 1.93 bits per heavy atom. The number of ether oxygens (including phenoxy) is 1. The van der Waals surface area contributed by atoms with Crippen molar-refractivity contribution in [2.45, 2.75) is 38.0 Å². The zero-order chi connectivity index (χ0) is 19.3. The Morgan fingerprint density at radius 3 is 2.64 bits per heavy atom. The van der Waals surface area contributed by atoms with E-state index in [1.54, 1.807) is 0 Å². The van der Waals surface area contributed by atoms with Crippen molar-refractivity contribution < 1.29 is 4.74 Å². The van der Waals surface area contributed by atoms with Gasteiger partial charge in [-0.3, -0.25) is 0 Å². The van der Waals surface area contributed by atoms with E-state index in [0.717, 1.165) is 65.4 Å². The summed E-state index contributed by atoms with van der Waals surface area (Å²) in [5.41, 5.74) is 3.10. The Kier molecular flexibility index (Phi) is 4.65. The van der Waals surface area contributed by atoms with E-state index in [9.17, 15) is 0 Å². The lowest BCUT2D eigenvalue weighted by Gasteiger charge is -2.51. The molecule has 5 rings (SSSR count). The van der Waals surface area contributed by atoms with Gasteiger partial charge in [-0.05, 0) is 42.4 Å². The van der Waals surface area contributed by atoms with Crippen LogP contribution in [0.4, 0.5) is 0 Å². The fraction of sp³-hybridized carbons (Fsp3) is 0.409. The normalized spacial score (nSPS) is 23.2. The maximum absolute atomic E-state index is 6.68. The molecular formula is C22H23BrClN3O. The van der Waals surface area contributed by atoms with Crippen LogP contribution < -0.4 is 4.74 Å². The van der Waals surface area contributed by atoms with Gasteiger partial charge in [-0.15, -0.1) is 0 Å². The van der Waals surface area contributed by atoms with Crippen LogP contribution in [0.5, 0.6) is 5.75 Å². The van der Waals surface area contributed by atoms with Crippen molar-refractivity contribution in [3.05, 3.63) is 63.1 Å². The first-order valence-electron chi connectivity index (χ1n) is 9.91. The van der Waals surface area contributed by atoms with Crippen molar-refractivity contribution in [1.29, 1.82) is 0 Å². The van der Waals surface area contributed by atoms with Gasteiger partial charge in [0.05, 0.1) is 11.8 Å². The van der Waals surface area contributed by atoms with Gasteiger partial charge < -0.3 is 9.64 Å². The van der Waals surface area contributed by atoms with Crippen LogP contribution in [0.15, 0.2) is 52.0 Å². The molecule has 0 saturated carbocycles. The summed E-state index contributed by atoms with van der Waals surface area (Å²) in [6, 6.07) is 14.6. The van der Waals surface area contributed by atoms with Crippen molar-refractivity contribution in [1.82, 2.24) is 9.91 Å². The fourth-order valence-electron chi connectivity index (χ4n) is 4.62. The molecule has 1 saturated heterocycles. The molecular weight excluding hydrogens is 438 g/mol. The molecule has 28 heavy (non-hydrogen) atoms. The maximum atomic E-state index is 6.68. The van der Waals surface area contributed by atoms with E-state index in [1.807, 2.05) is 12.1 Å². The topological polar surface area (TPSA) is 28.1 Å². The number of benzene rings is 2. The molecule has 3 heterocycles. The Hall–Kier alpha value is -1.56. The quantitative estimate of drug-likeness (QED) is 0.596. The third-order valence-electron chi connectivity index (χ3n) is 6.22. The molecule has 3 aliphatic rings. The minimum Gasteiger partial charge on any atom is -0.466 e. The molecule has 0 aromatic heterocycles. The molecule has 6 heteroatoms. The summed E-state index contributed by atoms with van der Waals surface area (Å²) in [5, 5.41) is 8.13. The molecule has 1 spiro atoms. The summed E-state index contributed by atoms with van der Waals surface area (Å²) in [4.78, 5) is 2.49. The Bertz CT molecular complexity index is 922. The second kappa shape index (κ2) is 7.05. The number of hydrogen-bond donors (Lipinski definition) is 0. The number of halogens is 2. The molecule has 2 aromatic carbocycles. The van der Waals surface area contributed by atoms with E-state index < -0.39 is 0 Å². The summed E-state index contributed by atoms with van der Waals surface area (Å²) in [5.74, 6) is 1.00. The van der Waals surface area contributed by atoms with Crippen molar-refractivity contribution in [2.75, 3.05) is 19.6 Å². The van der Waals surface area contributed by atoms with Gasteiger partial charge in [0.15, 0.2) is 0 Å². The van der Waals surface area contributed by atoms with Gasteiger partial charge in [-0.25, -0.2) is 5.01 Å². The van der Waals surface area contributed by atoms with Gasteiger partial charge in [-0.1, -0.05) is 46.6 Å². The molecule has 1 unspecified atom stereocenters. The van der Waals surface area contributed by atoms with Crippen LogP contribution >= 0.6 is 27.5 Å². The highest BCUT2D eigenvalue weighted by Gasteiger charge is 2.51. The lowest BCUT2D eigenvalue weighted by Crippen LogP contribution is -2.59. The van der Waals surface area contributed by atoms with E-state index in [2.05, 4.69) is 63.1 Å². The second-order valence-electron chi connectivity index (χ2n) is 7.78. The molecule has 1 atom stereocenters. The smallest absolute Gasteiger partial charge is 0.200 e. The minimum absolute atomic E-state index is 0.208. The highest BCUT2D eigenvalue weighted by molar-refractivity contribution is 9.10. The molecule has 0 radical (unpaired) electrons. The van der Waals surface area contributed by atoms with Gasteiger partial charge in [0.2, 0.25) is 5.72 Å². The number of hydrazone groups is 1. The third-order valence-corrected chi connectivity index (χ3v) is 6.97. The lowest BCUT2D eigenvalue weighted by atomic mass is 9.91. The Labute approximate surface area is 179 Å². The average Bonchev–Trinajstić information content (AvgIpc) is 3.17. The lowest BCUT2D eigenvalue weighted by molar-refractivity contribution is -0.149. The predicted molar refractivity (Wildman–Crippen MR) is 116 cm³/mol. The number of piperidine rings is 1. The maximum Gasteiger partial charge on any atom is 0.200 e. The van der Waals surface area contributed by atoms with Crippen LogP contribution in [-0.2, 0) is 0 Å².